The minimum Gasteiger partial charge on any atom is -0.497 e. The third-order valence-electron chi connectivity index (χ3n) is 4.13. The molecule has 1 heterocycles. The highest BCUT2D eigenvalue weighted by molar-refractivity contribution is 8.00. The topological polar surface area (TPSA) is 67.9 Å². The van der Waals surface area contributed by atoms with Crippen molar-refractivity contribution >= 4 is 17.5 Å². The summed E-state index contributed by atoms with van der Waals surface area (Å²) >= 11 is 1.35. The second kappa shape index (κ2) is 8.19. The highest BCUT2D eigenvalue weighted by atomic mass is 32.2. The first-order valence-electron chi connectivity index (χ1n) is 8.47. The number of rotatable bonds is 7. The third-order valence-corrected chi connectivity index (χ3v) is 5.09. The molecule has 0 aliphatic heterocycles. The van der Waals surface area contributed by atoms with Crippen LogP contribution >= 0.6 is 11.8 Å². The average Bonchev–Trinajstić information content (AvgIpc) is 3.16. The van der Waals surface area contributed by atoms with Crippen molar-refractivity contribution in [2.24, 2.45) is 0 Å². The average molecular weight is 367 g/mol. The van der Waals surface area contributed by atoms with Crippen LogP contribution in [0, 0.1) is 0 Å². The van der Waals surface area contributed by atoms with Crippen molar-refractivity contribution in [2.45, 2.75) is 30.7 Å². The van der Waals surface area contributed by atoms with Crippen LogP contribution in [0.25, 0.3) is 11.4 Å². The molecule has 0 saturated carbocycles. The lowest BCUT2D eigenvalue weighted by Gasteiger charge is -2.08. The van der Waals surface area contributed by atoms with Crippen LogP contribution in [0.4, 0.5) is 0 Å². The maximum Gasteiger partial charge on any atom is 0.209 e. The molecule has 5 nitrogen and oxygen atoms in total. The first-order chi connectivity index (χ1) is 12.6. The molecule has 0 bridgehead atoms. The number of nitrogens with zero attached hydrogens (tertiary/aromatic N) is 2. The van der Waals surface area contributed by atoms with E-state index in [0.29, 0.717) is 16.5 Å². The van der Waals surface area contributed by atoms with Gasteiger partial charge < -0.3 is 4.74 Å². The van der Waals surface area contributed by atoms with Crippen LogP contribution < -0.4 is 4.74 Å². The van der Waals surface area contributed by atoms with Gasteiger partial charge in [0, 0.05) is 11.1 Å². The third kappa shape index (κ3) is 4.14. The molecular formula is C20H21N3O2S. The first-order valence-corrected chi connectivity index (χ1v) is 9.35. The SMILES string of the molecule is CCc1ccc(-c2nc(SC(C)C(=O)c3ccc(OC)cc3)n[nH]2)cc1. The van der Waals surface area contributed by atoms with Gasteiger partial charge in [0.2, 0.25) is 5.16 Å². The number of ketones is 1. The van der Waals surface area contributed by atoms with Crippen LogP contribution in [-0.2, 0) is 6.42 Å². The zero-order valence-electron chi connectivity index (χ0n) is 15.0. The van der Waals surface area contributed by atoms with Gasteiger partial charge in [0.05, 0.1) is 12.4 Å². The van der Waals surface area contributed by atoms with Gasteiger partial charge in [0.25, 0.3) is 0 Å². The molecule has 0 aliphatic rings. The normalized spacial score (nSPS) is 12.0. The number of thioether (sulfide) groups is 1. The summed E-state index contributed by atoms with van der Waals surface area (Å²) in [5, 5.41) is 7.46. The first kappa shape index (κ1) is 18.2. The van der Waals surface area contributed by atoms with Crippen molar-refractivity contribution < 1.29 is 9.53 Å². The summed E-state index contributed by atoms with van der Waals surface area (Å²) in [7, 11) is 1.60. The second-order valence-corrected chi connectivity index (χ2v) is 7.18. The van der Waals surface area contributed by atoms with Crippen molar-refractivity contribution in [2.75, 3.05) is 7.11 Å². The Balaban J connectivity index is 1.68. The Bertz CT molecular complexity index is 873. The number of ether oxygens (including phenoxy) is 1. The van der Waals surface area contributed by atoms with Gasteiger partial charge in [-0.25, -0.2) is 4.98 Å². The van der Waals surface area contributed by atoms with Crippen LogP contribution in [0.3, 0.4) is 0 Å². The number of benzene rings is 2. The van der Waals surface area contributed by atoms with Crippen LogP contribution in [0.1, 0.15) is 29.8 Å². The van der Waals surface area contributed by atoms with Gasteiger partial charge in [-0.2, -0.15) is 0 Å². The number of aryl methyl sites for hydroxylation is 1. The van der Waals surface area contributed by atoms with Crippen molar-refractivity contribution in [3.8, 4) is 17.1 Å². The number of Topliss-reactive ketones (excluding diaryl/α,β-unsaturated/α-hetero) is 1. The Kier molecular flexibility index (Phi) is 5.73. The summed E-state index contributed by atoms with van der Waals surface area (Å²) in [4.78, 5) is 17.1. The Hall–Kier alpha value is -2.60. The highest BCUT2D eigenvalue weighted by Crippen LogP contribution is 2.25. The summed E-state index contributed by atoms with van der Waals surface area (Å²) in [5.41, 5.74) is 2.91. The number of hydrogen-bond acceptors (Lipinski definition) is 5. The van der Waals surface area contributed by atoms with E-state index in [1.165, 1.54) is 17.3 Å². The largest absolute Gasteiger partial charge is 0.497 e. The van der Waals surface area contributed by atoms with Crippen molar-refractivity contribution in [3.63, 3.8) is 0 Å². The molecule has 1 atom stereocenters. The van der Waals surface area contributed by atoms with Gasteiger partial charge in [0.1, 0.15) is 5.75 Å². The predicted octanol–water partition coefficient (Wildman–Crippen LogP) is 4.41. The molecule has 134 valence electrons. The summed E-state index contributed by atoms with van der Waals surface area (Å²) in [6.07, 6.45) is 1.00. The number of carbonyl (C=O) groups excluding carboxylic acids is 1. The molecule has 6 heteroatoms. The monoisotopic (exact) mass is 367 g/mol. The van der Waals surface area contributed by atoms with Gasteiger partial charge in [-0.1, -0.05) is 43.0 Å². The van der Waals surface area contributed by atoms with Crippen LogP contribution in [-0.4, -0.2) is 33.3 Å². The fourth-order valence-electron chi connectivity index (χ4n) is 2.53. The molecule has 0 saturated heterocycles. The minimum absolute atomic E-state index is 0.0382. The van der Waals surface area contributed by atoms with E-state index in [0.717, 1.165) is 17.7 Å². The van der Waals surface area contributed by atoms with Gasteiger partial charge in [-0.3, -0.25) is 9.89 Å². The van der Waals surface area contributed by atoms with Crippen LogP contribution in [0.5, 0.6) is 5.75 Å². The van der Waals surface area contributed by atoms with E-state index in [1.54, 1.807) is 31.4 Å². The quantitative estimate of drug-likeness (QED) is 0.495. The van der Waals surface area contributed by atoms with E-state index in [1.807, 2.05) is 19.1 Å². The molecule has 0 aliphatic carbocycles. The van der Waals surface area contributed by atoms with E-state index >= 15 is 0 Å². The Labute approximate surface area is 157 Å². The van der Waals surface area contributed by atoms with E-state index in [4.69, 9.17) is 4.74 Å². The number of hydrogen-bond donors (Lipinski definition) is 1. The maximum absolute atomic E-state index is 12.6. The molecular weight excluding hydrogens is 346 g/mol. The zero-order valence-corrected chi connectivity index (χ0v) is 15.8. The van der Waals surface area contributed by atoms with Gasteiger partial charge in [-0.05, 0) is 43.2 Å². The standard InChI is InChI=1S/C20H21N3O2S/c1-4-14-5-7-16(8-6-14)19-21-20(23-22-19)26-13(2)18(24)15-9-11-17(25-3)12-10-15/h5-13H,4H2,1-3H3,(H,21,22,23). The predicted molar refractivity (Wildman–Crippen MR) is 104 cm³/mol. The minimum atomic E-state index is -0.283. The number of methoxy groups -OCH3 is 1. The smallest absolute Gasteiger partial charge is 0.209 e. The Morgan fingerprint density at radius 1 is 1.15 bits per heavy atom. The fourth-order valence-corrected chi connectivity index (χ4v) is 3.33. The summed E-state index contributed by atoms with van der Waals surface area (Å²) in [6, 6.07) is 15.3. The molecule has 3 rings (SSSR count). The van der Waals surface area contributed by atoms with Gasteiger partial charge in [-0.15, -0.1) is 5.10 Å². The molecule has 0 fully saturated rings. The second-order valence-electron chi connectivity index (χ2n) is 5.87. The van der Waals surface area contributed by atoms with Crippen molar-refractivity contribution in [3.05, 3.63) is 59.7 Å². The van der Waals surface area contributed by atoms with Crippen LogP contribution in [0.2, 0.25) is 0 Å². The lowest BCUT2D eigenvalue weighted by atomic mass is 10.1. The zero-order chi connectivity index (χ0) is 18.5. The Morgan fingerprint density at radius 3 is 2.46 bits per heavy atom. The fraction of sp³-hybridized carbons (Fsp3) is 0.250. The molecule has 0 amide bonds. The number of carbonyl (C=O) groups is 1. The molecule has 26 heavy (non-hydrogen) atoms. The van der Waals surface area contributed by atoms with Crippen LogP contribution in [0.15, 0.2) is 53.7 Å². The van der Waals surface area contributed by atoms with E-state index < -0.39 is 0 Å². The number of aromatic amines is 1. The van der Waals surface area contributed by atoms with Crippen molar-refractivity contribution in [1.82, 2.24) is 15.2 Å². The number of H-pyrrole nitrogens is 1. The van der Waals surface area contributed by atoms with E-state index in [2.05, 4.69) is 34.2 Å². The molecule has 1 unspecified atom stereocenters. The molecule has 1 aromatic heterocycles. The number of aromatic nitrogens is 3. The highest BCUT2D eigenvalue weighted by Gasteiger charge is 2.19. The molecule has 0 radical (unpaired) electrons. The summed E-state index contributed by atoms with van der Waals surface area (Å²) < 4.78 is 5.12. The number of nitrogens with one attached hydrogen (secondary N) is 1. The van der Waals surface area contributed by atoms with E-state index in [9.17, 15) is 4.79 Å². The lowest BCUT2D eigenvalue weighted by Crippen LogP contribution is -2.13. The molecule has 1 N–H and O–H groups in total. The maximum atomic E-state index is 12.6. The lowest BCUT2D eigenvalue weighted by molar-refractivity contribution is 0.0994. The summed E-state index contributed by atoms with van der Waals surface area (Å²) in [5.74, 6) is 1.48. The van der Waals surface area contributed by atoms with Gasteiger partial charge in [0.15, 0.2) is 11.6 Å². The molecule has 0 spiro atoms. The van der Waals surface area contributed by atoms with E-state index in [-0.39, 0.29) is 11.0 Å². The molecule has 2 aromatic carbocycles. The molecule has 3 aromatic rings. The summed E-state index contributed by atoms with van der Waals surface area (Å²) in [6.45, 7) is 3.99. The van der Waals surface area contributed by atoms with Gasteiger partial charge >= 0.3 is 0 Å². The Morgan fingerprint density at radius 2 is 1.85 bits per heavy atom. The van der Waals surface area contributed by atoms with Crippen molar-refractivity contribution in [1.29, 1.82) is 0 Å².